The minimum Gasteiger partial charge on any atom is -0.147 e. The Balaban J connectivity index is 0.00000137. The molecule has 0 bridgehead atoms. The van der Waals surface area contributed by atoms with E-state index in [4.69, 9.17) is 0 Å². The number of hydrogen-bond acceptors (Lipinski definition) is 0. The molecule has 0 heterocycles. The van der Waals surface area contributed by atoms with Crippen LogP contribution in [-0.4, -0.2) is 5.49 Å². The molecule has 0 aromatic heterocycles. The first-order valence-electron chi connectivity index (χ1n) is 11.6. The molecular formula is C30H30Cl2HfSi. The molecule has 4 heteroatoms. The Morgan fingerprint density at radius 1 is 0.588 bits per heavy atom. The summed E-state index contributed by atoms with van der Waals surface area (Å²) < 4.78 is 1.43. The van der Waals surface area contributed by atoms with Crippen LogP contribution in [0.1, 0.15) is 43.5 Å². The zero-order valence-corrected chi connectivity index (χ0v) is 26.3. The van der Waals surface area contributed by atoms with Crippen molar-refractivity contribution in [1.29, 1.82) is 0 Å². The molecule has 6 rings (SSSR count). The molecule has 172 valence electrons. The average Bonchev–Trinajstić information content (AvgIpc) is 3.31. The Morgan fingerprint density at radius 2 is 1.00 bits per heavy atom. The van der Waals surface area contributed by atoms with Crippen LogP contribution in [-0.2, 0) is 20.1 Å². The largest absolute Gasteiger partial charge is 0.147 e. The molecule has 0 saturated carbocycles. The van der Waals surface area contributed by atoms with Gasteiger partial charge in [0.1, 0.15) is 0 Å². The fourth-order valence-corrected chi connectivity index (χ4v) is 35.5. The van der Waals surface area contributed by atoms with Crippen molar-refractivity contribution >= 4 is 64.0 Å². The molecule has 0 spiro atoms. The van der Waals surface area contributed by atoms with Crippen molar-refractivity contribution in [2.75, 3.05) is 0 Å². The molecule has 0 radical (unpaired) electrons. The summed E-state index contributed by atoms with van der Waals surface area (Å²) in [6, 6.07) is 27.5. The zero-order chi connectivity index (χ0) is 22.0. The number of allylic oxidation sites excluding steroid dienone is 2. The third-order valence-electron chi connectivity index (χ3n) is 7.48. The van der Waals surface area contributed by atoms with E-state index in [0.717, 1.165) is 0 Å². The van der Waals surface area contributed by atoms with E-state index in [1.54, 1.807) is 22.3 Å². The molecule has 0 aliphatic heterocycles. The summed E-state index contributed by atoms with van der Waals surface area (Å²) in [6.45, 7) is 10.1. The molecule has 0 N–H and O–H groups in total. The molecule has 0 saturated heterocycles. The summed E-state index contributed by atoms with van der Waals surface area (Å²) in [5.41, 5.74) is 9.19. The zero-order valence-electron chi connectivity index (χ0n) is 20.1. The SMILES string of the molecule is CC1=Cc2c(ccc3ccccc23)[CH]1[Hf]([CH]1C(C)=Cc2c1ccc1ccccc21)=[Si](C)C.Cl.Cl. The van der Waals surface area contributed by atoms with Crippen LogP contribution < -0.4 is 0 Å². The number of benzene rings is 4. The normalized spacial score (nSPS) is 17.9. The van der Waals surface area contributed by atoms with Crippen molar-refractivity contribution in [3.63, 3.8) is 0 Å². The maximum absolute atomic E-state index is 2.62. The van der Waals surface area contributed by atoms with E-state index >= 15 is 0 Å². The van der Waals surface area contributed by atoms with Gasteiger partial charge in [0.15, 0.2) is 0 Å². The maximum atomic E-state index is 2.62. The molecule has 4 aromatic carbocycles. The maximum Gasteiger partial charge on any atom is -0.147 e. The molecule has 0 amide bonds. The number of halogens is 2. The fourth-order valence-electron chi connectivity index (χ4n) is 6.13. The first-order valence-corrected chi connectivity index (χ1v) is 23.7. The summed E-state index contributed by atoms with van der Waals surface area (Å²) in [5, 5.41) is 5.61. The van der Waals surface area contributed by atoms with Gasteiger partial charge >= 0.3 is 200 Å². The van der Waals surface area contributed by atoms with Gasteiger partial charge in [-0.1, -0.05) is 0 Å². The Kier molecular flexibility index (Phi) is 7.46. The summed E-state index contributed by atoms with van der Waals surface area (Å²) in [5.74, 6) is 0. The van der Waals surface area contributed by atoms with E-state index in [1.165, 1.54) is 32.7 Å². The summed E-state index contributed by atoms with van der Waals surface area (Å²) in [7, 11) is 0. The van der Waals surface area contributed by atoms with Crippen LogP contribution in [0, 0.1) is 0 Å². The Bertz CT molecular complexity index is 1420. The van der Waals surface area contributed by atoms with Crippen molar-refractivity contribution in [3.8, 4) is 0 Å². The first-order chi connectivity index (χ1) is 15.5. The van der Waals surface area contributed by atoms with E-state index in [-0.39, 0.29) is 30.3 Å². The van der Waals surface area contributed by atoms with Gasteiger partial charge in [-0.05, 0) is 0 Å². The van der Waals surface area contributed by atoms with Gasteiger partial charge in [0, 0.05) is 0 Å². The minimum atomic E-state index is -2.18. The van der Waals surface area contributed by atoms with Gasteiger partial charge in [0.2, 0.25) is 0 Å². The smallest absolute Gasteiger partial charge is 0.147 e. The van der Waals surface area contributed by atoms with Crippen molar-refractivity contribution < 1.29 is 20.1 Å². The van der Waals surface area contributed by atoms with Gasteiger partial charge in [0.05, 0.1) is 0 Å². The first kappa shape index (κ1) is 25.6. The van der Waals surface area contributed by atoms with E-state index in [1.807, 2.05) is 0 Å². The second kappa shape index (κ2) is 9.89. The second-order valence-corrected chi connectivity index (χ2v) is 34.6. The molecule has 2 unspecified atom stereocenters. The monoisotopic (exact) mass is 668 g/mol. The van der Waals surface area contributed by atoms with E-state index in [0.29, 0.717) is 7.35 Å². The second-order valence-electron chi connectivity index (χ2n) is 9.68. The predicted octanol–water partition coefficient (Wildman–Crippen LogP) is 9.32. The number of hydrogen-bond donors (Lipinski definition) is 0. The van der Waals surface area contributed by atoms with Gasteiger partial charge in [-0.25, -0.2) is 0 Å². The molecule has 0 fully saturated rings. The van der Waals surface area contributed by atoms with Gasteiger partial charge in [0.25, 0.3) is 0 Å². The topological polar surface area (TPSA) is 0 Å². The molecule has 4 aromatic rings. The van der Waals surface area contributed by atoms with Crippen LogP contribution in [0.4, 0.5) is 0 Å². The third kappa shape index (κ3) is 3.91. The Morgan fingerprint density at radius 3 is 1.41 bits per heavy atom. The molecule has 2 atom stereocenters. The molecule has 0 nitrogen and oxygen atoms in total. The summed E-state index contributed by atoms with van der Waals surface area (Å²) >= 11 is -2.18. The van der Waals surface area contributed by atoms with Crippen molar-refractivity contribution in [2.45, 2.75) is 34.3 Å². The van der Waals surface area contributed by atoms with E-state index < -0.39 is 20.1 Å². The van der Waals surface area contributed by atoms with E-state index in [2.05, 4.69) is 112 Å². The Labute approximate surface area is 223 Å². The average molecular weight is 668 g/mol. The Hall–Kier alpha value is -1.45. The van der Waals surface area contributed by atoms with Crippen LogP contribution in [0.3, 0.4) is 0 Å². The number of rotatable bonds is 2. The summed E-state index contributed by atoms with van der Waals surface area (Å²) in [4.78, 5) is 0. The number of fused-ring (bicyclic) bond motifs is 6. The summed E-state index contributed by atoms with van der Waals surface area (Å²) in [6.07, 6.45) is 5.07. The fraction of sp³-hybridized carbons (Fsp3) is 0.200. The van der Waals surface area contributed by atoms with Crippen molar-refractivity contribution in [2.24, 2.45) is 0 Å². The predicted molar refractivity (Wildman–Crippen MR) is 153 cm³/mol. The quantitative estimate of drug-likeness (QED) is 0.187. The third-order valence-corrected chi connectivity index (χ3v) is 35.8. The molecule has 2 aliphatic carbocycles. The van der Waals surface area contributed by atoms with Crippen molar-refractivity contribution in [1.82, 2.24) is 0 Å². The molecule has 34 heavy (non-hydrogen) atoms. The molecule has 2 aliphatic rings. The van der Waals surface area contributed by atoms with Gasteiger partial charge in [-0.2, -0.15) is 0 Å². The molecular weight excluding hydrogens is 638 g/mol. The van der Waals surface area contributed by atoms with Gasteiger partial charge in [-0.15, -0.1) is 24.8 Å². The van der Waals surface area contributed by atoms with Crippen LogP contribution in [0.15, 0.2) is 83.9 Å². The standard InChI is InChI=1S/2C14H11.C2H6Si.2ClH.Hf/c2*1-10-8-12-7-6-11-4-2-3-5-13(11)14(12)9-10;1-3-2;;;/h2*2-9H,1H3;1-2H3;2*1H;. The van der Waals surface area contributed by atoms with Crippen LogP contribution in [0.5, 0.6) is 0 Å². The van der Waals surface area contributed by atoms with Crippen molar-refractivity contribution in [3.05, 3.63) is 106 Å². The van der Waals surface area contributed by atoms with Crippen LogP contribution in [0.25, 0.3) is 33.7 Å². The van der Waals surface area contributed by atoms with Gasteiger partial charge < -0.3 is 0 Å². The van der Waals surface area contributed by atoms with Crippen LogP contribution >= 0.6 is 24.8 Å². The van der Waals surface area contributed by atoms with Crippen LogP contribution in [0.2, 0.25) is 13.1 Å². The van der Waals surface area contributed by atoms with Gasteiger partial charge in [-0.3, -0.25) is 0 Å². The van der Waals surface area contributed by atoms with E-state index in [9.17, 15) is 0 Å². The minimum absolute atomic E-state index is 0.